The largest absolute Gasteiger partial charge is 0.467 e. The maximum atomic E-state index is 13.0. The smallest absolute Gasteiger partial charge is 0.269 e. The van der Waals surface area contributed by atoms with Gasteiger partial charge < -0.3 is 4.42 Å². The van der Waals surface area contributed by atoms with Gasteiger partial charge in [0.15, 0.2) is 5.17 Å². The fourth-order valence-corrected chi connectivity index (χ4v) is 3.88. The highest BCUT2D eigenvalue weighted by atomic mass is 35.5. The normalized spacial score (nSPS) is 16.5. The first kappa shape index (κ1) is 21.5. The summed E-state index contributed by atoms with van der Waals surface area (Å²) in [6.45, 7) is 0.200. The van der Waals surface area contributed by atoms with E-state index in [2.05, 4.69) is 10.2 Å². The van der Waals surface area contributed by atoms with E-state index in [0.29, 0.717) is 26.4 Å². The predicted molar refractivity (Wildman–Crippen MR) is 124 cm³/mol. The molecule has 2 heterocycles. The lowest BCUT2D eigenvalue weighted by atomic mass is 10.2. The van der Waals surface area contributed by atoms with Crippen LogP contribution in [-0.2, 0) is 11.3 Å². The van der Waals surface area contributed by atoms with Gasteiger partial charge in [0.1, 0.15) is 5.76 Å². The minimum absolute atomic E-state index is 0.0178. The lowest BCUT2D eigenvalue weighted by Gasteiger charge is -2.12. The van der Waals surface area contributed by atoms with Gasteiger partial charge >= 0.3 is 0 Å². The van der Waals surface area contributed by atoms with Crippen molar-refractivity contribution in [2.24, 2.45) is 10.2 Å². The molecular weight excluding hydrogens is 452 g/mol. The van der Waals surface area contributed by atoms with Gasteiger partial charge in [-0.1, -0.05) is 23.7 Å². The summed E-state index contributed by atoms with van der Waals surface area (Å²) in [6, 6.07) is 16.6. The van der Waals surface area contributed by atoms with E-state index in [1.807, 2.05) is 0 Å². The Morgan fingerprint density at radius 1 is 1.09 bits per heavy atom. The van der Waals surface area contributed by atoms with Crippen molar-refractivity contribution in [1.29, 1.82) is 0 Å². The van der Waals surface area contributed by atoms with Gasteiger partial charge in [-0.3, -0.25) is 19.8 Å². The van der Waals surface area contributed by atoms with Crippen LogP contribution in [-0.4, -0.2) is 27.1 Å². The first-order valence-corrected chi connectivity index (χ1v) is 10.5. The summed E-state index contributed by atoms with van der Waals surface area (Å²) in [7, 11) is 0. The zero-order valence-corrected chi connectivity index (χ0v) is 18.0. The van der Waals surface area contributed by atoms with Crippen molar-refractivity contribution in [2.45, 2.75) is 6.54 Å². The van der Waals surface area contributed by atoms with Crippen molar-refractivity contribution in [3.05, 3.63) is 104 Å². The molecule has 1 amide bonds. The van der Waals surface area contributed by atoms with Gasteiger partial charge in [-0.15, -0.1) is 5.10 Å². The number of amides is 1. The quantitative estimate of drug-likeness (QED) is 0.211. The van der Waals surface area contributed by atoms with Crippen LogP contribution in [0.4, 0.5) is 5.69 Å². The number of nitro benzene ring substituents is 1. The monoisotopic (exact) mass is 466 g/mol. The first-order valence-electron chi connectivity index (χ1n) is 9.34. The maximum Gasteiger partial charge on any atom is 0.269 e. The molecule has 0 saturated carbocycles. The summed E-state index contributed by atoms with van der Waals surface area (Å²) in [5.74, 6) is 0.343. The summed E-state index contributed by atoms with van der Waals surface area (Å²) in [4.78, 5) is 25.3. The highest BCUT2D eigenvalue weighted by Gasteiger charge is 2.34. The number of rotatable bonds is 6. The molecule has 160 valence electrons. The minimum atomic E-state index is -0.471. The van der Waals surface area contributed by atoms with Crippen LogP contribution in [0.1, 0.15) is 16.9 Å². The summed E-state index contributed by atoms with van der Waals surface area (Å²) < 4.78 is 5.37. The van der Waals surface area contributed by atoms with Gasteiger partial charge in [0.25, 0.3) is 11.6 Å². The minimum Gasteiger partial charge on any atom is -0.467 e. The summed E-state index contributed by atoms with van der Waals surface area (Å²) >= 11 is 7.06. The topological polar surface area (TPSA) is 101 Å². The van der Waals surface area contributed by atoms with Crippen LogP contribution in [0, 0.1) is 10.1 Å². The number of hydrogen-bond acceptors (Lipinski definition) is 7. The second kappa shape index (κ2) is 9.63. The molecule has 8 nitrogen and oxygen atoms in total. The second-order valence-corrected chi connectivity index (χ2v) is 8.05. The maximum absolute atomic E-state index is 13.0. The van der Waals surface area contributed by atoms with E-state index in [1.165, 1.54) is 35.1 Å². The van der Waals surface area contributed by atoms with Gasteiger partial charge in [-0.25, -0.2) is 0 Å². The fraction of sp³-hybridized carbons (Fsp3) is 0.0455. The van der Waals surface area contributed by atoms with Crippen LogP contribution in [0.5, 0.6) is 0 Å². The third-order valence-corrected chi connectivity index (χ3v) is 5.65. The SMILES string of the molecule is O=C1/C(=C/c2ccc([N+](=O)[O-])cc2)S/C(=N\N=C\c2ccc(Cl)cc2)N1Cc1ccco1. The van der Waals surface area contributed by atoms with E-state index in [0.717, 1.165) is 5.56 Å². The number of amidine groups is 1. The first-order chi connectivity index (χ1) is 15.5. The molecule has 0 unspecified atom stereocenters. The van der Waals surface area contributed by atoms with Gasteiger partial charge in [-0.05, 0) is 65.4 Å². The van der Waals surface area contributed by atoms with E-state index < -0.39 is 4.92 Å². The van der Waals surface area contributed by atoms with Crippen molar-refractivity contribution < 1.29 is 14.1 Å². The third kappa shape index (κ3) is 5.13. The molecule has 1 aliphatic rings. The number of furan rings is 1. The number of carbonyl (C=O) groups excluding carboxylic acids is 1. The Balaban J connectivity index is 1.60. The number of nitro groups is 1. The zero-order chi connectivity index (χ0) is 22.5. The van der Waals surface area contributed by atoms with Gasteiger partial charge in [0.2, 0.25) is 0 Å². The highest BCUT2D eigenvalue weighted by molar-refractivity contribution is 8.18. The molecule has 0 radical (unpaired) electrons. The van der Waals surface area contributed by atoms with Crippen molar-refractivity contribution in [2.75, 3.05) is 0 Å². The number of hydrogen-bond donors (Lipinski definition) is 0. The van der Waals surface area contributed by atoms with E-state index in [-0.39, 0.29) is 18.1 Å². The van der Waals surface area contributed by atoms with E-state index >= 15 is 0 Å². The van der Waals surface area contributed by atoms with Crippen molar-refractivity contribution in [3.8, 4) is 0 Å². The van der Waals surface area contributed by atoms with E-state index in [4.69, 9.17) is 16.0 Å². The standard InChI is InChI=1S/C22H15ClN4O4S/c23-17-7-3-16(4-8-17)13-24-25-22-26(14-19-2-1-11-31-19)21(28)20(32-22)12-15-5-9-18(10-6-15)27(29)30/h1-13H,14H2/b20-12-,24-13+,25-22-. The van der Waals surface area contributed by atoms with Crippen LogP contribution in [0.15, 0.2) is 86.5 Å². The molecular formula is C22H15ClN4O4S. The molecule has 1 aromatic heterocycles. The van der Waals surface area contributed by atoms with Crippen LogP contribution in [0.25, 0.3) is 6.08 Å². The van der Waals surface area contributed by atoms with Crippen LogP contribution >= 0.6 is 23.4 Å². The molecule has 1 fully saturated rings. The fourth-order valence-electron chi connectivity index (χ4n) is 2.82. The lowest BCUT2D eigenvalue weighted by molar-refractivity contribution is -0.384. The molecule has 0 N–H and O–H groups in total. The van der Waals surface area contributed by atoms with Gasteiger partial charge in [-0.2, -0.15) is 5.10 Å². The number of non-ortho nitro benzene ring substituents is 1. The average Bonchev–Trinajstić information content (AvgIpc) is 3.40. The van der Waals surface area contributed by atoms with Gasteiger partial charge in [0, 0.05) is 17.2 Å². The number of nitrogens with zero attached hydrogens (tertiary/aromatic N) is 4. The van der Waals surface area contributed by atoms with Crippen molar-refractivity contribution in [1.82, 2.24) is 4.90 Å². The number of thioether (sulfide) groups is 1. The molecule has 0 aliphatic carbocycles. The van der Waals surface area contributed by atoms with E-state index in [1.54, 1.807) is 60.8 Å². The lowest BCUT2D eigenvalue weighted by Crippen LogP contribution is -2.28. The van der Waals surface area contributed by atoms with Crippen molar-refractivity contribution >= 4 is 52.4 Å². The number of halogens is 1. The molecule has 1 aliphatic heterocycles. The molecule has 32 heavy (non-hydrogen) atoms. The Kier molecular flexibility index (Phi) is 6.48. The molecule has 0 atom stereocenters. The Hall–Kier alpha value is -3.69. The van der Waals surface area contributed by atoms with Crippen LogP contribution in [0.3, 0.4) is 0 Å². The van der Waals surface area contributed by atoms with Crippen molar-refractivity contribution in [3.63, 3.8) is 0 Å². The predicted octanol–water partition coefficient (Wildman–Crippen LogP) is 5.35. The molecule has 2 aromatic carbocycles. The third-order valence-electron chi connectivity index (χ3n) is 4.40. The zero-order valence-electron chi connectivity index (χ0n) is 16.4. The van der Waals surface area contributed by atoms with Gasteiger partial charge in [0.05, 0.1) is 28.9 Å². The molecule has 0 bridgehead atoms. The molecule has 3 aromatic rings. The number of carbonyl (C=O) groups is 1. The molecule has 4 rings (SSSR count). The molecule has 10 heteroatoms. The average molecular weight is 467 g/mol. The molecule has 1 saturated heterocycles. The Bertz CT molecular complexity index is 1220. The number of benzene rings is 2. The summed E-state index contributed by atoms with van der Waals surface area (Å²) in [5, 5.41) is 20.2. The van der Waals surface area contributed by atoms with E-state index in [9.17, 15) is 14.9 Å². The Labute approximate surface area is 192 Å². The summed E-state index contributed by atoms with van der Waals surface area (Å²) in [6.07, 6.45) is 4.76. The van der Waals surface area contributed by atoms with Crippen LogP contribution < -0.4 is 0 Å². The Morgan fingerprint density at radius 3 is 2.47 bits per heavy atom. The Morgan fingerprint density at radius 2 is 1.81 bits per heavy atom. The van der Waals surface area contributed by atoms with Crippen LogP contribution in [0.2, 0.25) is 5.02 Å². The highest BCUT2D eigenvalue weighted by Crippen LogP contribution is 2.34. The summed E-state index contributed by atoms with van der Waals surface area (Å²) in [5.41, 5.74) is 1.46. The molecule has 0 spiro atoms. The second-order valence-electron chi connectivity index (χ2n) is 6.61.